The van der Waals surface area contributed by atoms with Gasteiger partial charge in [0.25, 0.3) is 5.69 Å². The molecule has 0 amide bonds. The van der Waals surface area contributed by atoms with Crippen LogP contribution in [0.5, 0.6) is 23.1 Å². The van der Waals surface area contributed by atoms with Gasteiger partial charge in [-0.05, 0) is 56.3 Å². The monoisotopic (exact) mass is 457 g/mol. The molecule has 6 aromatic rings. The van der Waals surface area contributed by atoms with Gasteiger partial charge in [0.1, 0.15) is 4.68 Å². The Morgan fingerprint density at radius 2 is 1.71 bits per heavy atom. The van der Waals surface area contributed by atoms with E-state index in [0.29, 0.717) is 0 Å². The molecule has 1 spiro atoms. The molecule has 4 aromatic heterocycles. The molecule has 0 bridgehead atoms. The summed E-state index contributed by atoms with van der Waals surface area (Å²) < 4.78 is 20.0. The number of aromatic nitrogens is 5. The Bertz CT molecular complexity index is 2050. The Balaban J connectivity index is 1.58. The number of quaternary nitrogens is 1. The minimum Gasteiger partial charge on any atom is -0.448 e. The van der Waals surface area contributed by atoms with Crippen molar-refractivity contribution in [3.05, 3.63) is 78.1 Å². The van der Waals surface area contributed by atoms with Gasteiger partial charge in [-0.1, -0.05) is 6.07 Å². The highest BCUT2D eigenvalue weighted by Crippen LogP contribution is 2.56. The van der Waals surface area contributed by atoms with Crippen LogP contribution in [0.3, 0.4) is 0 Å². The highest BCUT2D eigenvalue weighted by molar-refractivity contribution is 6.11. The largest absolute Gasteiger partial charge is 0.448 e. The molecular weight excluding hydrogens is 440 g/mol. The summed E-state index contributed by atoms with van der Waals surface area (Å²) in [5.74, 6) is 3.24. The fourth-order valence-corrected chi connectivity index (χ4v) is 6.65. The molecule has 0 aliphatic carbocycles. The highest BCUT2D eigenvalue weighted by Gasteiger charge is 2.72. The normalized spacial score (nSPS) is 18.6. The topological polar surface area (TPSA) is 49.0 Å². The Kier molecular flexibility index (Phi) is 2.35. The fraction of sp³-hybridized carbons (Fsp3) is 0.0741. The molecule has 1 unspecified atom stereocenters. The van der Waals surface area contributed by atoms with Gasteiger partial charge in [-0.3, -0.25) is 0 Å². The van der Waals surface area contributed by atoms with Gasteiger partial charge < -0.3 is 9.47 Å². The number of ether oxygens (including phenoxy) is 2. The molecule has 0 fully saturated rings. The predicted octanol–water partition coefficient (Wildman–Crippen LogP) is 4.37. The van der Waals surface area contributed by atoms with Gasteiger partial charge >= 0.3 is 22.9 Å². The summed E-state index contributed by atoms with van der Waals surface area (Å²) in [6.45, 7) is 4.23. The van der Waals surface area contributed by atoms with Crippen molar-refractivity contribution in [1.29, 1.82) is 0 Å². The van der Waals surface area contributed by atoms with E-state index in [0.717, 1.165) is 68.3 Å². The summed E-state index contributed by atoms with van der Waals surface area (Å²) in [5.41, 5.74) is 8.48. The summed E-state index contributed by atoms with van der Waals surface area (Å²) in [6.07, 6.45) is 2.15. The summed E-state index contributed by atoms with van der Waals surface area (Å²) >= 11 is 0. The third-order valence-electron chi connectivity index (χ3n) is 8.07. The van der Waals surface area contributed by atoms with Crippen molar-refractivity contribution in [3.63, 3.8) is 0 Å². The first-order chi connectivity index (χ1) is 17.2. The minimum atomic E-state index is 0.195. The van der Waals surface area contributed by atoms with Crippen LogP contribution in [0, 0.1) is 13.8 Å². The van der Waals surface area contributed by atoms with Crippen LogP contribution in [0.1, 0.15) is 11.3 Å². The van der Waals surface area contributed by atoms with Gasteiger partial charge in [-0.25, -0.2) is 0 Å². The van der Waals surface area contributed by atoms with Crippen molar-refractivity contribution >= 4 is 27.6 Å². The standard InChI is InChI=1S/C27H17N6O2/c1-14-15(2)28-32-23(14)18-8-4-10-22-31(18)33(32)26-21(35-22)12-11-20-25(26)30-24-16(6-3-9-19(24)34-20)17-7-5-13-29(33)27(17)30/h3-13H,1-2H3/q+3. The molecule has 0 saturated carbocycles. The van der Waals surface area contributed by atoms with E-state index in [4.69, 9.17) is 14.6 Å². The number of benzene rings is 2. The van der Waals surface area contributed by atoms with Crippen LogP contribution in [0.25, 0.3) is 39.0 Å². The molecule has 8 nitrogen and oxygen atoms in total. The van der Waals surface area contributed by atoms with E-state index in [1.165, 1.54) is 10.8 Å². The Morgan fingerprint density at radius 1 is 0.857 bits per heavy atom. The maximum Gasteiger partial charge on any atom is 0.438 e. The van der Waals surface area contributed by atoms with Crippen LogP contribution in [0.2, 0.25) is 0 Å². The third-order valence-corrected chi connectivity index (χ3v) is 8.07. The first-order valence-electron chi connectivity index (χ1n) is 11.7. The van der Waals surface area contributed by atoms with Crippen molar-refractivity contribution in [3.8, 4) is 40.2 Å². The maximum absolute atomic E-state index is 6.58. The molecule has 4 aliphatic heterocycles. The number of hydrogen-bond acceptors (Lipinski definition) is 3. The van der Waals surface area contributed by atoms with E-state index in [1.807, 2.05) is 24.3 Å². The Labute approximate surface area is 198 Å². The Morgan fingerprint density at radius 3 is 2.66 bits per heavy atom. The fourth-order valence-electron chi connectivity index (χ4n) is 6.65. The average molecular weight is 457 g/mol. The van der Waals surface area contributed by atoms with Crippen molar-refractivity contribution in [2.75, 3.05) is 0 Å². The van der Waals surface area contributed by atoms with Gasteiger partial charge in [0.15, 0.2) is 23.2 Å². The molecule has 1 atom stereocenters. The van der Waals surface area contributed by atoms with E-state index in [2.05, 4.69) is 75.2 Å². The first kappa shape index (κ1) is 16.9. The number of pyridine rings is 2. The van der Waals surface area contributed by atoms with Crippen molar-refractivity contribution < 1.29 is 18.8 Å². The molecule has 164 valence electrons. The number of fused-ring (bicyclic) bond motifs is 3. The zero-order valence-corrected chi connectivity index (χ0v) is 18.9. The number of hydrogen-bond donors (Lipinski definition) is 0. The molecule has 8 heteroatoms. The van der Waals surface area contributed by atoms with Gasteiger partial charge in [0, 0.05) is 26.5 Å². The number of aryl methyl sites for hydroxylation is 1. The molecule has 10 rings (SSSR count). The molecule has 0 N–H and O–H groups in total. The highest BCUT2D eigenvalue weighted by atomic mass is 16.5. The van der Waals surface area contributed by atoms with Crippen LogP contribution >= 0.6 is 0 Å². The predicted molar refractivity (Wildman–Crippen MR) is 126 cm³/mol. The lowest BCUT2D eigenvalue weighted by molar-refractivity contribution is -1.05. The average Bonchev–Trinajstić information content (AvgIpc) is 3.48. The second kappa shape index (κ2) is 4.89. The van der Waals surface area contributed by atoms with Gasteiger partial charge in [0.2, 0.25) is 16.3 Å². The van der Waals surface area contributed by atoms with Crippen LogP contribution in [-0.4, -0.2) is 14.5 Å². The van der Waals surface area contributed by atoms with Crippen LogP contribution in [0.15, 0.2) is 66.9 Å². The quantitative estimate of drug-likeness (QED) is 0.251. The van der Waals surface area contributed by atoms with Gasteiger partial charge in [-0.15, -0.1) is 5.10 Å². The lowest BCUT2D eigenvalue weighted by Crippen LogP contribution is -2.88. The summed E-state index contributed by atoms with van der Waals surface area (Å²) in [6, 6.07) is 20.9. The smallest absolute Gasteiger partial charge is 0.438 e. The van der Waals surface area contributed by atoms with E-state index in [9.17, 15) is 0 Å². The second-order valence-corrected chi connectivity index (χ2v) is 9.62. The summed E-state index contributed by atoms with van der Waals surface area (Å²) in [4.78, 5) is 2.33. The van der Waals surface area contributed by atoms with Crippen molar-refractivity contribution in [2.45, 2.75) is 13.8 Å². The maximum atomic E-state index is 6.58. The number of rotatable bonds is 0. The summed E-state index contributed by atoms with van der Waals surface area (Å²) in [5, 5.41) is 7.49. The van der Waals surface area contributed by atoms with Crippen molar-refractivity contribution in [1.82, 2.24) is 19.3 Å². The zero-order chi connectivity index (χ0) is 22.8. The molecule has 8 heterocycles. The van der Waals surface area contributed by atoms with Crippen molar-refractivity contribution in [2.24, 2.45) is 0 Å². The van der Waals surface area contributed by atoms with Crippen LogP contribution in [0.4, 0.5) is 5.69 Å². The van der Waals surface area contributed by atoms with Crippen LogP contribution in [-0.2, 0) is 0 Å². The Hall–Kier alpha value is -4.69. The second-order valence-electron chi connectivity index (χ2n) is 9.62. The lowest BCUT2D eigenvalue weighted by atomic mass is 10.1. The summed E-state index contributed by atoms with van der Waals surface area (Å²) in [7, 11) is 0. The van der Waals surface area contributed by atoms with E-state index < -0.39 is 0 Å². The molecular formula is C27H17N6O2+3. The van der Waals surface area contributed by atoms with E-state index >= 15 is 0 Å². The third kappa shape index (κ3) is 1.46. The van der Waals surface area contributed by atoms with Gasteiger partial charge in [-0.2, -0.15) is 4.57 Å². The number of para-hydroxylation sites is 1. The van der Waals surface area contributed by atoms with Gasteiger partial charge in [0.05, 0.1) is 17.1 Å². The molecule has 4 aliphatic rings. The zero-order valence-electron chi connectivity index (χ0n) is 18.9. The van der Waals surface area contributed by atoms with E-state index in [1.54, 1.807) is 0 Å². The number of nitrogens with zero attached hydrogens (tertiary/aromatic N) is 6. The SMILES string of the molecule is Cc1nn2c(c1C)-c1cccc3[n+]1[N+]21c2c(ccc4c2-n2c5c(cccc5c5ccc[n+]1c52)O4)O3. The first-order valence-corrected chi connectivity index (χ1v) is 11.7. The lowest BCUT2D eigenvalue weighted by Gasteiger charge is -2.31. The van der Waals surface area contributed by atoms with E-state index in [-0.39, 0.29) is 4.81 Å². The molecule has 0 radical (unpaired) electrons. The molecule has 0 saturated heterocycles. The molecule has 2 aromatic carbocycles. The molecule has 35 heavy (non-hydrogen) atoms. The minimum absolute atomic E-state index is 0.195. The van der Waals surface area contributed by atoms with Crippen LogP contribution < -0.4 is 23.6 Å².